The summed E-state index contributed by atoms with van der Waals surface area (Å²) in [5.41, 5.74) is 9.17. The highest BCUT2D eigenvalue weighted by atomic mass is 15.1. The molecule has 1 fully saturated rings. The molecule has 3 rings (SSSR count). The van der Waals surface area contributed by atoms with Gasteiger partial charge in [0.05, 0.1) is 0 Å². The molecule has 2 aromatic carbocycles. The molecule has 2 aromatic rings. The number of nitrogens with two attached hydrogens (primary N) is 1. The topological polar surface area (TPSA) is 29.3 Å². The number of likely N-dealkylation sites (tertiary alicyclic amines) is 1. The maximum atomic E-state index is 6.41. The van der Waals surface area contributed by atoms with Crippen molar-refractivity contribution in [3.63, 3.8) is 0 Å². The minimum absolute atomic E-state index is 0.231. The van der Waals surface area contributed by atoms with E-state index in [1.54, 1.807) is 0 Å². The Balaban J connectivity index is 1.62. The smallest absolute Gasteiger partial charge is 0.0238 e. The van der Waals surface area contributed by atoms with E-state index in [9.17, 15) is 0 Å². The molecule has 0 saturated carbocycles. The highest BCUT2D eigenvalue weighted by Gasteiger charge is 2.27. The molecule has 2 nitrogen and oxygen atoms in total. The average molecular weight is 266 g/mol. The van der Waals surface area contributed by atoms with Crippen LogP contribution in [0.25, 0.3) is 0 Å². The molecule has 0 amide bonds. The number of benzene rings is 2. The van der Waals surface area contributed by atoms with Crippen molar-refractivity contribution < 1.29 is 0 Å². The standard InChI is InChI=1S/C18H22N2/c19-18-14-20(13-15-7-3-1-4-8-15)12-11-17(18)16-9-5-2-6-10-16/h1-10,17-18H,11-14,19H2/t17-,18+/m1/s1. The largest absolute Gasteiger partial charge is 0.326 e. The van der Waals surface area contributed by atoms with E-state index < -0.39 is 0 Å². The zero-order valence-electron chi connectivity index (χ0n) is 11.8. The average Bonchev–Trinajstić information content (AvgIpc) is 2.49. The van der Waals surface area contributed by atoms with E-state index in [-0.39, 0.29) is 6.04 Å². The van der Waals surface area contributed by atoms with Crippen molar-refractivity contribution in [2.24, 2.45) is 5.73 Å². The number of piperidine rings is 1. The maximum Gasteiger partial charge on any atom is 0.0238 e. The molecule has 20 heavy (non-hydrogen) atoms. The molecule has 1 aliphatic heterocycles. The first kappa shape index (κ1) is 13.3. The van der Waals surface area contributed by atoms with Crippen molar-refractivity contribution in [2.75, 3.05) is 13.1 Å². The summed E-state index contributed by atoms with van der Waals surface area (Å²) in [5, 5.41) is 0. The Hall–Kier alpha value is -1.64. The van der Waals surface area contributed by atoms with Crippen LogP contribution < -0.4 is 5.73 Å². The van der Waals surface area contributed by atoms with Gasteiger partial charge in [-0.25, -0.2) is 0 Å². The lowest BCUT2D eigenvalue weighted by atomic mass is 9.86. The van der Waals surface area contributed by atoms with Gasteiger partial charge in [0.1, 0.15) is 0 Å². The predicted octanol–water partition coefficient (Wildman–Crippen LogP) is 3.00. The van der Waals surface area contributed by atoms with Crippen molar-refractivity contribution in [3.8, 4) is 0 Å². The lowest BCUT2D eigenvalue weighted by Crippen LogP contribution is -2.46. The van der Waals surface area contributed by atoms with Crippen LogP contribution in [-0.2, 0) is 6.54 Å². The van der Waals surface area contributed by atoms with Crippen molar-refractivity contribution in [1.29, 1.82) is 0 Å². The second-order valence-corrected chi connectivity index (χ2v) is 5.69. The van der Waals surface area contributed by atoms with Gasteiger partial charge in [0.2, 0.25) is 0 Å². The minimum Gasteiger partial charge on any atom is -0.326 e. The molecule has 104 valence electrons. The van der Waals surface area contributed by atoms with Crippen molar-refractivity contribution in [1.82, 2.24) is 4.90 Å². The molecular formula is C18H22N2. The molecule has 0 aliphatic carbocycles. The fraction of sp³-hybridized carbons (Fsp3) is 0.333. The second kappa shape index (κ2) is 6.21. The SMILES string of the molecule is N[C@H]1CN(Cc2ccccc2)CC[C@@H]1c1ccccc1. The molecule has 1 saturated heterocycles. The number of nitrogens with zero attached hydrogens (tertiary/aromatic N) is 1. The van der Waals surface area contributed by atoms with Crippen LogP contribution in [0.1, 0.15) is 23.5 Å². The van der Waals surface area contributed by atoms with E-state index >= 15 is 0 Å². The molecular weight excluding hydrogens is 244 g/mol. The first-order chi connectivity index (χ1) is 9.83. The fourth-order valence-electron chi connectivity index (χ4n) is 3.15. The Morgan fingerprint density at radius 3 is 2.25 bits per heavy atom. The van der Waals surface area contributed by atoms with E-state index in [1.807, 2.05) is 0 Å². The van der Waals surface area contributed by atoms with Gasteiger partial charge in [-0.1, -0.05) is 60.7 Å². The Morgan fingerprint density at radius 1 is 0.950 bits per heavy atom. The summed E-state index contributed by atoms with van der Waals surface area (Å²) in [6, 6.07) is 21.6. The van der Waals surface area contributed by atoms with Crippen LogP contribution in [0.5, 0.6) is 0 Å². The summed E-state index contributed by atoms with van der Waals surface area (Å²) in [6.07, 6.45) is 1.15. The molecule has 2 atom stereocenters. The van der Waals surface area contributed by atoms with Gasteiger partial charge in [-0.15, -0.1) is 0 Å². The molecule has 0 radical (unpaired) electrons. The van der Waals surface area contributed by atoms with Crippen LogP contribution in [0, 0.1) is 0 Å². The van der Waals surface area contributed by atoms with Gasteiger partial charge < -0.3 is 5.73 Å². The predicted molar refractivity (Wildman–Crippen MR) is 83.5 cm³/mol. The van der Waals surface area contributed by atoms with Crippen LogP contribution in [0.4, 0.5) is 0 Å². The summed E-state index contributed by atoms with van der Waals surface area (Å²) in [5.74, 6) is 0.503. The summed E-state index contributed by atoms with van der Waals surface area (Å²) >= 11 is 0. The number of hydrogen-bond donors (Lipinski definition) is 1. The Labute approximate surface area is 121 Å². The normalized spacial score (nSPS) is 23.6. The summed E-state index contributed by atoms with van der Waals surface area (Å²) < 4.78 is 0. The van der Waals surface area contributed by atoms with E-state index in [0.29, 0.717) is 5.92 Å². The lowest BCUT2D eigenvalue weighted by molar-refractivity contribution is 0.183. The van der Waals surface area contributed by atoms with Crippen LogP contribution in [0.2, 0.25) is 0 Å². The van der Waals surface area contributed by atoms with Gasteiger partial charge in [-0.05, 0) is 24.1 Å². The van der Waals surface area contributed by atoms with Crippen molar-refractivity contribution in [3.05, 3.63) is 71.8 Å². The third kappa shape index (κ3) is 3.09. The third-order valence-corrected chi connectivity index (χ3v) is 4.22. The van der Waals surface area contributed by atoms with Gasteiger partial charge in [-0.2, -0.15) is 0 Å². The molecule has 1 aliphatic rings. The zero-order valence-corrected chi connectivity index (χ0v) is 11.8. The first-order valence-corrected chi connectivity index (χ1v) is 7.40. The third-order valence-electron chi connectivity index (χ3n) is 4.22. The van der Waals surface area contributed by atoms with E-state index in [1.165, 1.54) is 11.1 Å². The first-order valence-electron chi connectivity index (χ1n) is 7.40. The maximum absolute atomic E-state index is 6.41. The molecule has 0 spiro atoms. The van der Waals surface area contributed by atoms with Gasteiger partial charge in [-0.3, -0.25) is 4.90 Å². The Bertz CT molecular complexity index is 524. The Morgan fingerprint density at radius 2 is 1.60 bits per heavy atom. The van der Waals surface area contributed by atoms with Crippen LogP contribution in [-0.4, -0.2) is 24.0 Å². The summed E-state index contributed by atoms with van der Waals surface area (Å²) in [4.78, 5) is 2.47. The van der Waals surface area contributed by atoms with Gasteiger partial charge in [0.15, 0.2) is 0 Å². The summed E-state index contributed by atoms with van der Waals surface area (Å²) in [6.45, 7) is 3.12. The van der Waals surface area contributed by atoms with E-state index in [2.05, 4.69) is 65.6 Å². The number of rotatable bonds is 3. The van der Waals surface area contributed by atoms with Gasteiger partial charge in [0.25, 0.3) is 0 Å². The highest BCUT2D eigenvalue weighted by Crippen LogP contribution is 2.27. The van der Waals surface area contributed by atoms with Crippen LogP contribution >= 0.6 is 0 Å². The van der Waals surface area contributed by atoms with E-state index in [0.717, 1.165) is 26.1 Å². The lowest BCUT2D eigenvalue weighted by Gasteiger charge is -2.37. The van der Waals surface area contributed by atoms with Crippen LogP contribution in [0.3, 0.4) is 0 Å². The van der Waals surface area contributed by atoms with Crippen molar-refractivity contribution >= 4 is 0 Å². The fourth-order valence-corrected chi connectivity index (χ4v) is 3.15. The molecule has 0 bridgehead atoms. The minimum atomic E-state index is 0.231. The van der Waals surface area contributed by atoms with Crippen LogP contribution in [0.15, 0.2) is 60.7 Å². The molecule has 1 heterocycles. The molecule has 2 heteroatoms. The molecule has 2 N–H and O–H groups in total. The van der Waals surface area contributed by atoms with E-state index in [4.69, 9.17) is 5.73 Å². The monoisotopic (exact) mass is 266 g/mol. The van der Waals surface area contributed by atoms with Crippen molar-refractivity contribution in [2.45, 2.75) is 24.9 Å². The highest BCUT2D eigenvalue weighted by molar-refractivity contribution is 5.22. The quantitative estimate of drug-likeness (QED) is 0.925. The molecule has 0 unspecified atom stereocenters. The summed E-state index contributed by atoms with van der Waals surface area (Å²) in [7, 11) is 0. The Kier molecular flexibility index (Phi) is 4.14. The second-order valence-electron chi connectivity index (χ2n) is 5.69. The molecule has 0 aromatic heterocycles. The number of hydrogen-bond acceptors (Lipinski definition) is 2. The zero-order chi connectivity index (χ0) is 13.8. The van der Waals surface area contributed by atoms with Gasteiger partial charge >= 0.3 is 0 Å². The van der Waals surface area contributed by atoms with Gasteiger partial charge in [0, 0.05) is 25.0 Å².